The second kappa shape index (κ2) is 8.57. The number of fused-ring (bicyclic) bond motifs is 1. The van der Waals surface area contributed by atoms with Gasteiger partial charge in [-0.05, 0) is 60.4 Å². The van der Waals surface area contributed by atoms with Gasteiger partial charge in [0, 0.05) is 29.6 Å². The van der Waals surface area contributed by atoms with E-state index in [4.69, 9.17) is 0 Å². The zero-order valence-electron chi connectivity index (χ0n) is 16.0. The molecule has 0 saturated carbocycles. The lowest BCUT2D eigenvalue weighted by Crippen LogP contribution is -2.35. The molecule has 3 aromatic carbocycles. The van der Waals surface area contributed by atoms with Crippen molar-refractivity contribution in [3.05, 3.63) is 102 Å². The van der Waals surface area contributed by atoms with Gasteiger partial charge in [-0.15, -0.1) is 0 Å². The third-order valence-electron chi connectivity index (χ3n) is 4.96. The Morgan fingerprint density at radius 2 is 1.62 bits per heavy atom. The summed E-state index contributed by atoms with van der Waals surface area (Å²) in [6.45, 7) is 0.701. The molecule has 144 valence electrons. The van der Waals surface area contributed by atoms with Crippen molar-refractivity contribution in [1.29, 1.82) is 0 Å². The summed E-state index contributed by atoms with van der Waals surface area (Å²) in [6, 6.07) is 24.8. The van der Waals surface area contributed by atoms with Gasteiger partial charge in [0.25, 0.3) is 5.91 Å². The third-order valence-corrected chi connectivity index (χ3v) is 4.96. The minimum absolute atomic E-state index is 0.00845. The van der Waals surface area contributed by atoms with Gasteiger partial charge in [-0.1, -0.05) is 48.5 Å². The maximum atomic E-state index is 12.9. The lowest BCUT2D eigenvalue weighted by molar-refractivity contribution is -0.111. The summed E-state index contributed by atoms with van der Waals surface area (Å²) in [5.41, 5.74) is 4.39. The molecule has 3 aromatic rings. The van der Waals surface area contributed by atoms with Gasteiger partial charge in [0.15, 0.2) is 0 Å². The van der Waals surface area contributed by atoms with Gasteiger partial charge >= 0.3 is 0 Å². The average Bonchev–Trinajstić information content (AvgIpc) is 2.78. The quantitative estimate of drug-likeness (QED) is 0.651. The van der Waals surface area contributed by atoms with Crippen LogP contribution < -0.4 is 10.2 Å². The molecule has 1 aliphatic rings. The van der Waals surface area contributed by atoms with Crippen molar-refractivity contribution >= 4 is 29.3 Å². The van der Waals surface area contributed by atoms with Crippen LogP contribution in [0.4, 0.5) is 11.4 Å². The smallest absolute Gasteiger partial charge is 0.258 e. The molecule has 29 heavy (non-hydrogen) atoms. The molecule has 1 aliphatic heterocycles. The van der Waals surface area contributed by atoms with Crippen LogP contribution in [0.25, 0.3) is 6.08 Å². The Balaban J connectivity index is 1.49. The standard InChI is InChI=1S/C25H22N2O2/c28-24(16-13-19-8-3-1-4-9-19)26-22-14-15-23-21(18-22)12-7-17-27(23)25(29)20-10-5-2-6-11-20/h1-6,8-11,13-16,18H,7,12,17H2,(H,26,28)/b16-13+. The van der Waals surface area contributed by atoms with Crippen LogP contribution in [-0.2, 0) is 11.2 Å². The van der Waals surface area contributed by atoms with Crippen LogP contribution in [0.15, 0.2) is 84.9 Å². The first-order chi connectivity index (χ1) is 14.2. The zero-order chi connectivity index (χ0) is 20.1. The SMILES string of the molecule is O=C(/C=C/c1ccccc1)Nc1ccc2c(c1)CCCN2C(=O)c1ccccc1. The number of nitrogens with one attached hydrogen (secondary N) is 1. The Morgan fingerprint density at radius 3 is 2.38 bits per heavy atom. The van der Waals surface area contributed by atoms with E-state index in [2.05, 4.69) is 5.32 Å². The Hall–Kier alpha value is -3.66. The first kappa shape index (κ1) is 18.7. The van der Waals surface area contributed by atoms with Crippen molar-refractivity contribution in [2.75, 3.05) is 16.8 Å². The molecular weight excluding hydrogens is 360 g/mol. The van der Waals surface area contributed by atoms with Crippen LogP contribution in [0.3, 0.4) is 0 Å². The monoisotopic (exact) mass is 382 g/mol. The van der Waals surface area contributed by atoms with Gasteiger partial charge in [-0.3, -0.25) is 9.59 Å². The maximum Gasteiger partial charge on any atom is 0.258 e. The van der Waals surface area contributed by atoms with Crippen LogP contribution in [0.5, 0.6) is 0 Å². The lowest BCUT2D eigenvalue weighted by Gasteiger charge is -2.30. The van der Waals surface area contributed by atoms with Gasteiger partial charge in [0.1, 0.15) is 0 Å². The van der Waals surface area contributed by atoms with Crippen LogP contribution >= 0.6 is 0 Å². The number of benzene rings is 3. The highest BCUT2D eigenvalue weighted by atomic mass is 16.2. The molecular formula is C25H22N2O2. The minimum atomic E-state index is -0.179. The topological polar surface area (TPSA) is 49.4 Å². The molecule has 0 spiro atoms. The van der Waals surface area contributed by atoms with Crippen molar-refractivity contribution in [2.45, 2.75) is 12.8 Å². The summed E-state index contributed by atoms with van der Waals surface area (Å²) >= 11 is 0. The van der Waals surface area contributed by atoms with E-state index in [0.29, 0.717) is 12.1 Å². The van der Waals surface area contributed by atoms with Gasteiger partial charge < -0.3 is 10.2 Å². The number of hydrogen-bond donors (Lipinski definition) is 1. The molecule has 4 rings (SSSR count). The second-order valence-corrected chi connectivity index (χ2v) is 7.00. The number of rotatable bonds is 4. The molecule has 1 N–H and O–H groups in total. The van der Waals surface area contributed by atoms with Gasteiger partial charge in [0.2, 0.25) is 5.91 Å². The van der Waals surface area contributed by atoms with Crippen molar-refractivity contribution in [3.8, 4) is 0 Å². The molecule has 0 bridgehead atoms. The molecule has 0 fully saturated rings. The number of anilines is 2. The first-order valence-corrected chi connectivity index (χ1v) is 9.75. The number of carbonyl (C=O) groups excluding carboxylic acids is 2. The average molecular weight is 382 g/mol. The number of aryl methyl sites for hydroxylation is 1. The fraction of sp³-hybridized carbons (Fsp3) is 0.120. The van der Waals surface area contributed by atoms with E-state index in [1.807, 2.05) is 83.8 Å². The Bertz CT molecular complexity index is 1040. The molecule has 0 unspecified atom stereocenters. The first-order valence-electron chi connectivity index (χ1n) is 9.75. The van der Waals surface area contributed by atoms with Gasteiger partial charge in [0.05, 0.1) is 0 Å². The van der Waals surface area contributed by atoms with Gasteiger partial charge in [-0.2, -0.15) is 0 Å². The highest BCUT2D eigenvalue weighted by molar-refractivity contribution is 6.07. The Kier molecular flexibility index (Phi) is 5.52. The summed E-state index contributed by atoms with van der Waals surface area (Å²) in [5, 5.41) is 2.91. The molecule has 0 atom stereocenters. The summed E-state index contributed by atoms with van der Waals surface area (Å²) < 4.78 is 0. The highest BCUT2D eigenvalue weighted by Crippen LogP contribution is 2.31. The molecule has 0 aliphatic carbocycles. The highest BCUT2D eigenvalue weighted by Gasteiger charge is 2.23. The fourth-order valence-electron chi connectivity index (χ4n) is 3.54. The van der Waals surface area contributed by atoms with Crippen molar-refractivity contribution in [3.63, 3.8) is 0 Å². The van der Waals surface area contributed by atoms with E-state index >= 15 is 0 Å². The Labute approximate surface area is 170 Å². The van der Waals surface area contributed by atoms with Gasteiger partial charge in [-0.25, -0.2) is 0 Å². The minimum Gasteiger partial charge on any atom is -0.323 e. The van der Waals surface area contributed by atoms with E-state index in [-0.39, 0.29) is 11.8 Å². The fourth-order valence-corrected chi connectivity index (χ4v) is 3.54. The van der Waals surface area contributed by atoms with Crippen LogP contribution in [-0.4, -0.2) is 18.4 Å². The molecule has 4 heteroatoms. The maximum absolute atomic E-state index is 12.9. The number of amides is 2. The van der Waals surface area contributed by atoms with Crippen LogP contribution in [0, 0.1) is 0 Å². The molecule has 1 heterocycles. The predicted molar refractivity (Wildman–Crippen MR) is 117 cm³/mol. The Morgan fingerprint density at radius 1 is 0.897 bits per heavy atom. The zero-order valence-corrected chi connectivity index (χ0v) is 16.0. The summed E-state index contributed by atoms with van der Waals surface area (Å²) in [5.74, 6) is -0.170. The molecule has 4 nitrogen and oxygen atoms in total. The van der Waals surface area contributed by atoms with E-state index in [1.54, 1.807) is 6.08 Å². The second-order valence-electron chi connectivity index (χ2n) is 7.00. The van der Waals surface area contributed by atoms with E-state index in [1.165, 1.54) is 6.08 Å². The summed E-state index contributed by atoms with van der Waals surface area (Å²) in [4.78, 5) is 27.0. The largest absolute Gasteiger partial charge is 0.323 e. The van der Waals surface area contributed by atoms with E-state index < -0.39 is 0 Å². The molecule has 0 aromatic heterocycles. The molecule has 0 saturated heterocycles. The predicted octanol–water partition coefficient (Wildman–Crippen LogP) is 4.93. The van der Waals surface area contributed by atoms with Crippen molar-refractivity contribution in [2.24, 2.45) is 0 Å². The molecule has 2 amide bonds. The number of hydrogen-bond acceptors (Lipinski definition) is 2. The summed E-state index contributed by atoms with van der Waals surface area (Å²) in [6.07, 6.45) is 5.10. The number of nitrogens with zero attached hydrogens (tertiary/aromatic N) is 1. The van der Waals surface area contributed by atoms with Crippen LogP contribution in [0.1, 0.15) is 27.9 Å². The van der Waals surface area contributed by atoms with Crippen LogP contribution in [0.2, 0.25) is 0 Å². The van der Waals surface area contributed by atoms with Crippen molar-refractivity contribution in [1.82, 2.24) is 0 Å². The number of carbonyl (C=O) groups is 2. The lowest BCUT2D eigenvalue weighted by atomic mass is 10.00. The normalized spacial score (nSPS) is 13.2. The van der Waals surface area contributed by atoms with Crippen molar-refractivity contribution < 1.29 is 9.59 Å². The molecule has 0 radical (unpaired) electrons. The van der Waals surface area contributed by atoms with E-state index in [0.717, 1.165) is 35.3 Å². The third kappa shape index (κ3) is 4.43. The summed E-state index contributed by atoms with van der Waals surface area (Å²) in [7, 11) is 0. The van der Waals surface area contributed by atoms with E-state index in [9.17, 15) is 9.59 Å².